The second-order valence-electron chi connectivity index (χ2n) is 8.20. The lowest BCUT2D eigenvalue weighted by molar-refractivity contribution is -0.143. The number of carbonyl (C=O) groups excluding carboxylic acids is 1. The Kier molecular flexibility index (Phi) is 4.82. The fraction of sp³-hybridized carbons (Fsp3) is 0.391. The SMILES string of the molecule is CCOC(=O)Cn1c2cc(C3(C)CC3)ccc2c(=O)c2ccc(Cl)c(N(C)C)c21. The van der Waals surface area contributed by atoms with Crippen molar-refractivity contribution in [2.75, 3.05) is 25.6 Å². The van der Waals surface area contributed by atoms with Crippen LogP contribution < -0.4 is 10.3 Å². The summed E-state index contributed by atoms with van der Waals surface area (Å²) in [5, 5.41) is 1.67. The maximum Gasteiger partial charge on any atom is 0.325 e. The van der Waals surface area contributed by atoms with Crippen molar-refractivity contribution in [1.82, 2.24) is 4.57 Å². The van der Waals surface area contributed by atoms with Gasteiger partial charge in [-0.2, -0.15) is 0 Å². The molecule has 2 aromatic carbocycles. The van der Waals surface area contributed by atoms with Crippen molar-refractivity contribution in [2.45, 2.75) is 38.6 Å². The van der Waals surface area contributed by atoms with E-state index in [0.717, 1.165) is 24.0 Å². The number of hydrogen-bond acceptors (Lipinski definition) is 4. The van der Waals surface area contributed by atoms with Crippen LogP contribution in [0.1, 0.15) is 32.3 Å². The van der Waals surface area contributed by atoms with E-state index in [0.29, 0.717) is 27.9 Å². The van der Waals surface area contributed by atoms with E-state index in [-0.39, 0.29) is 23.4 Å². The zero-order valence-electron chi connectivity index (χ0n) is 17.2. The number of aromatic nitrogens is 1. The van der Waals surface area contributed by atoms with Gasteiger partial charge in [0.05, 0.1) is 28.4 Å². The monoisotopic (exact) mass is 412 g/mol. The third-order valence-corrected chi connectivity index (χ3v) is 6.19. The fourth-order valence-corrected chi connectivity index (χ4v) is 4.32. The molecule has 1 aliphatic carbocycles. The Hall–Kier alpha value is -2.53. The van der Waals surface area contributed by atoms with Crippen molar-refractivity contribution in [3.8, 4) is 0 Å². The Morgan fingerprint density at radius 1 is 1.21 bits per heavy atom. The smallest absolute Gasteiger partial charge is 0.325 e. The number of hydrogen-bond donors (Lipinski definition) is 0. The number of benzene rings is 2. The predicted octanol–water partition coefficient (Wildman–Crippen LogP) is 4.49. The molecule has 0 amide bonds. The maximum atomic E-state index is 13.3. The summed E-state index contributed by atoms with van der Waals surface area (Å²) in [4.78, 5) is 27.7. The molecule has 3 aromatic rings. The maximum absolute atomic E-state index is 13.3. The average Bonchev–Trinajstić information content (AvgIpc) is 3.43. The highest BCUT2D eigenvalue weighted by atomic mass is 35.5. The largest absolute Gasteiger partial charge is 0.465 e. The predicted molar refractivity (Wildman–Crippen MR) is 118 cm³/mol. The van der Waals surface area contributed by atoms with Crippen LogP contribution in [0.25, 0.3) is 21.8 Å². The number of ether oxygens (including phenoxy) is 1. The molecule has 1 saturated carbocycles. The van der Waals surface area contributed by atoms with Crippen LogP contribution in [0.3, 0.4) is 0 Å². The van der Waals surface area contributed by atoms with Crippen LogP contribution >= 0.6 is 11.6 Å². The lowest BCUT2D eigenvalue weighted by Crippen LogP contribution is -2.21. The van der Waals surface area contributed by atoms with Crippen LogP contribution in [0.2, 0.25) is 5.02 Å². The van der Waals surface area contributed by atoms with Crippen LogP contribution in [0.5, 0.6) is 0 Å². The number of halogens is 1. The van der Waals surface area contributed by atoms with E-state index in [9.17, 15) is 9.59 Å². The molecule has 0 saturated heterocycles. The lowest BCUT2D eigenvalue weighted by atomic mass is 9.96. The third kappa shape index (κ3) is 3.27. The van der Waals surface area contributed by atoms with Gasteiger partial charge in [-0.3, -0.25) is 9.59 Å². The number of fused-ring (bicyclic) bond motifs is 2. The van der Waals surface area contributed by atoms with Gasteiger partial charge in [-0.25, -0.2) is 0 Å². The Morgan fingerprint density at radius 3 is 2.52 bits per heavy atom. The molecule has 29 heavy (non-hydrogen) atoms. The number of anilines is 1. The Bertz CT molecular complexity index is 1190. The molecule has 5 nitrogen and oxygen atoms in total. The molecule has 0 bridgehead atoms. The van der Waals surface area contributed by atoms with Crippen LogP contribution in [0.4, 0.5) is 5.69 Å². The van der Waals surface area contributed by atoms with Crippen LogP contribution in [0.15, 0.2) is 35.1 Å². The van der Waals surface area contributed by atoms with Gasteiger partial charge in [0.1, 0.15) is 6.54 Å². The summed E-state index contributed by atoms with van der Waals surface area (Å²) in [6.07, 6.45) is 2.26. The van der Waals surface area contributed by atoms with Crippen LogP contribution in [-0.2, 0) is 21.5 Å². The summed E-state index contributed by atoms with van der Waals surface area (Å²) in [5.41, 5.74) is 3.40. The number of carbonyl (C=O) groups is 1. The highest BCUT2D eigenvalue weighted by molar-refractivity contribution is 6.35. The Morgan fingerprint density at radius 2 is 1.90 bits per heavy atom. The van der Waals surface area contributed by atoms with E-state index in [1.165, 1.54) is 5.56 Å². The molecule has 0 unspecified atom stereocenters. The molecule has 4 rings (SSSR count). The van der Waals surface area contributed by atoms with Gasteiger partial charge in [-0.1, -0.05) is 24.6 Å². The summed E-state index contributed by atoms with van der Waals surface area (Å²) in [6, 6.07) is 9.47. The van der Waals surface area contributed by atoms with E-state index in [1.54, 1.807) is 19.1 Å². The van der Waals surface area contributed by atoms with Gasteiger partial charge in [0, 0.05) is 24.9 Å². The number of nitrogens with zero attached hydrogens (tertiary/aromatic N) is 2. The number of pyridine rings is 1. The van der Waals surface area contributed by atoms with Gasteiger partial charge in [0.25, 0.3) is 0 Å². The van der Waals surface area contributed by atoms with Crippen molar-refractivity contribution < 1.29 is 9.53 Å². The topological polar surface area (TPSA) is 51.5 Å². The van der Waals surface area contributed by atoms with E-state index in [2.05, 4.69) is 13.0 Å². The molecule has 0 N–H and O–H groups in total. The highest BCUT2D eigenvalue weighted by Crippen LogP contribution is 2.48. The summed E-state index contributed by atoms with van der Waals surface area (Å²) in [5.74, 6) is -0.341. The van der Waals surface area contributed by atoms with E-state index in [1.807, 2.05) is 35.7 Å². The first kappa shape index (κ1) is 19.8. The summed E-state index contributed by atoms with van der Waals surface area (Å²) in [7, 11) is 3.76. The zero-order chi connectivity index (χ0) is 20.9. The van der Waals surface area contributed by atoms with Crippen molar-refractivity contribution in [2.24, 2.45) is 0 Å². The van der Waals surface area contributed by atoms with E-state index < -0.39 is 0 Å². The van der Waals surface area contributed by atoms with Gasteiger partial charge in [-0.15, -0.1) is 0 Å². The molecule has 0 radical (unpaired) electrons. The first-order valence-corrected chi connectivity index (χ1v) is 10.3. The molecule has 1 aliphatic rings. The number of esters is 1. The third-order valence-electron chi connectivity index (χ3n) is 5.89. The Balaban J connectivity index is 2.14. The molecule has 1 fully saturated rings. The quantitative estimate of drug-likeness (QED) is 0.457. The molecule has 0 aliphatic heterocycles. The number of rotatable bonds is 5. The van der Waals surface area contributed by atoms with Gasteiger partial charge in [0.15, 0.2) is 5.43 Å². The summed E-state index contributed by atoms with van der Waals surface area (Å²) >= 11 is 6.51. The minimum absolute atomic E-state index is 0.0163. The molecule has 1 aromatic heterocycles. The minimum atomic E-state index is -0.341. The van der Waals surface area contributed by atoms with Crippen LogP contribution in [-0.4, -0.2) is 31.2 Å². The molecule has 0 spiro atoms. The van der Waals surface area contributed by atoms with Gasteiger partial charge in [0.2, 0.25) is 0 Å². The minimum Gasteiger partial charge on any atom is -0.465 e. The van der Waals surface area contributed by atoms with E-state index >= 15 is 0 Å². The van der Waals surface area contributed by atoms with Gasteiger partial charge >= 0.3 is 5.97 Å². The zero-order valence-corrected chi connectivity index (χ0v) is 18.0. The summed E-state index contributed by atoms with van der Waals surface area (Å²) in [6.45, 7) is 4.33. The van der Waals surface area contributed by atoms with E-state index in [4.69, 9.17) is 16.3 Å². The standard InChI is InChI=1S/C23H25ClN2O3/c1-5-29-19(27)13-26-18-12-14(23(2)10-11-23)6-7-15(18)22(28)16-8-9-17(24)21(20(16)26)25(3)4/h6-9,12H,5,10-11,13H2,1-4H3. The lowest BCUT2D eigenvalue weighted by Gasteiger charge is -2.23. The van der Waals surface area contributed by atoms with Crippen molar-refractivity contribution >= 4 is 45.1 Å². The normalized spacial score (nSPS) is 14.9. The molecule has 152 valence electrons. The molecule has 1 heterocycles. The molecule has 0 atom stereocenters. The van der Waals surface area contributed by atoms with Crippen LogP contribution in [0, 0.1) is 0 Å². The summed E-state index contributed by atoms with van der Waals surface area (Å²) < 4.78 is 7.12. The van der Waals surface area contributed by atoms with Crippen molar-refractivity contribution in [1.29, 1.82) is 0 Å². The van der Waals surface area contributed by atoms with Crippen molar-refractivity contribution in [3.63, 3.8) is 0 Å². The van der Waals surface area contributed by atoms with Gasteiger partial charge < -0.3 is 14.2 Å². The fourth-order valence-electron chi connectivity index (χ4n) is 4.00. The first-order valence-electron chi connectivity index (χ1n) is 9.89. The second kappa shape index (κ2) is 7.06. The second-order valence-corrected chi connectivity index (χ2v) is 8.61. The van der Waals surface area contributed by atoms with Gasteiger partial charge in [-0.05, 0) is 55.0 Å². The first-order chi connectivity index (χ1) is 13.8. The molecular formula is C23H25ClN2O3. The van der Waals surface area contributed by atoms with Crippen molar-refractivity contribution in [3.05, 3.63) is 51.1 Å². The highest BCUT2D eigenvalue weighted by Gasteiger charge is 2.39. The molecular weight excluding hydrogens is 388 g/mol. The average molecular weight is 413 g/mol. The Labute approximate surface area is 174 Å². The molecule has 6 heteroatoms.